The Morgan fingerprint density at radius 3 is 2.32 bits per heavy atom. The lowest BCUT2D eigenvalue weighted by atomic mass is 10.2. The number of nitriles is 1. The average molecular weight is 372 g/mol. The van der Waals surface area contributed by atoms with Crippen molar-refractivity contribution in [1.82, 2.24) is 9.97 Å². The molecule has 2 amide bonds. The van der Waals surface area contributed by atoms with Crippen molar-refractivity contribution in [2.45, 2.75) is 6.92 Å². The lowest BCUT2D eigenvalue weighted by Gasteiger charge is -2.09. The zero-order chi connectivity index (χ0) is 19.9. The Bertz CT molecular complexity index is 1060. The minimum atomic E-state index is -0.412. The lowest BCUT2D eigenvalue weighted by molar-refractivity contribution is -0.114. The van der Waals surface area contributed by atoms with Crippen molar-refractivity contribution < 1.29 is 9.59 Å². The number of anilines is 4. The fourth-order valence-electron chi connectivity index (χ4n) is 2.40. The van der Waals surface area contributed by atoms with E-state index < -0.39 is 5.91 Å². The van der Waals surface area contributed by atoms with E-state index >= 15 is 0 Å². The van der Waals surface area contributed by atoms with Crippen LogP contribution in [-0.4, -0.2) is 21.8 Å². The Hall–Kier alpha value is -4.25. The number of rotatable bonds is 5. The maximum Gasteiger partial charge on any atom is 0.274 e. The molecule has 1 aromatic heterocycles. The number of carbonyl (C=O) groups is 2. The minimum absolute atomic E-state index is 0.177. The van der Waals surface area contributed by atoms with E-state index in [2.05, 4.69) is 32.0 Å². The highest BCUT2D eigenvalue weighted by Gasteiger charge is 2.10. The third-order valence-electron chi connectivity index (χ3n) is 3.63. The summed E-state index contributed by atoms with van der Waals surface area (Å²) in [6.45, 7) is 1.41. The SMILES string of the molecule is CC(=O)Nc1cccc(NC(=O)c2cc(Nc3ccc(C#N)cc3)ncn2)c1. The topological polar surface area (TPSA) is 120 Å². The first-order valence-corrected chi connectivity index (χ1v) is 8.32. The second-order valence-corrected chi connectivity index (χ2v) is 5.82. The molecule has 8 nitrogen and oxygen atoms in total. The second kappa shape index (κ2) is 8.42. The first-order valence-electron chi connectivity index (χ1n) is 8.32. The van der Waals surface area contributed by atoms with E-state index in [0.717, 1.165) is 5.69 Å². The van der Waals surface area contributed by atoms with Gasteiger partial charge >= 0.3 is 0 Å². The lowest BCUT2D eigenvalue weighted by Crippen LogP contribution is -2.14. The monoisotopic (exact) mass is 372 g/mol. The molecule has 0 unspecified atom stereocenters. The molecule has 3 N–H and O–H groups in total. The first-order chi connectivity index (χ1) is 13.5. The van der Waals surface area contributed by atoms with E-state index in [1.807, 2.05) is 0 Å². The highest BCUT2D eigenvalue weighted by atomic mass is 16.2. The van der Waals surface area contributed by atoms with Crippen LogP contribution in [0.3, 0.4) is 0 Å². The van der Waals surface area contributed by atoms with Gasteiger partial charge in [0.25, 0.3) is 5.91 Å². The highest BCUT2D eigenvalue weighted by Crippen LogP contribution is 2.18. The number of aromatic nitrogens is 2. The van der Waals surface area contributed by atoms with E-state index in [-0.39, 0.29) is 11.6 Å². The fourth-order valence-corrected chi connectivity index (χ4v) is 2.40. The molecule has 0 fully saturated rings. The summed E-state index contributed by atoms with van der Waals surface area (Å²) in [4.78, 5) is 31.7. The fraction of sp³-hybridized carbons (Fsp3) is 0.0500. The molecule has 3 aromatic rings. The third kappa shape index (κ3) is 4.89. The number of nitrogens with zero attached hydrogens (tertiary/aromatic N) is 3. The molecule has 138 valence electrons. The van der Waals surface area contributed by atoms with Gasteiger partial charge in [-0.15, -0.1) is 0 Å². The molecule has 0 aliphatic rings. The second-order valence-electron chi connectivity index (χ2n) is 5.82. The summed E-state index contributed by atoms with van der Waals surface area (Å²) < 4.78 is 0. The quantitative estimate of drug-likeness (QED) is 0.632. The maximum absolute atomic E-state index is 12.5. The van der Waals surface area contributed by atoms with Crippen LogP contribution in [-0.2, 0) is 4.79 Å². The molecule has 0 spiro atoms. The van der Waals surface area contributed by atoms with Crippen LogP contribution in [0.25, 0.3) is 0 Å². The van der Waals surface area contributed by atoms with Gasteiger partial charge in [-0.2, -0.15) is 5.26 Å². The largest absolute Gasteiger partial charge is 0.340 e. The number of amides is 2. The van der Waals surface area contributed by atoms with Gasteiger partial charge in [0.1, 0.15) is 17.8 Å². The van der Waals surface area contributed by atoms with Gasteiger partial charge in [-0.25, -0.2) is 9.97 Å². The van der Waals surface area contributed by atoms with Crippen molar-refractivity contribution in [2.24, 2.45) is 0 Å². The van der Waals surface area contributed by atoms with E-state index in [4.69, 9.17) is 5.26 Å². The molecule has 0 saturated heterocycles. The summed E-state index contributed by atoms with van der Waals surface area (Å²) in [7, 11) is 0. The molecule has 0 aliphatic heterocycles. The summed E-state index contributed by atoms with van der Waals surface area (Å²) in [6, 6.07) is 17.2. The molecular weight excluding hydrogens is 356 g/mol. The van der Waals surface area contributed by atoms with Gasteiger partial charge in [0.2, 0.25) is 5.91 Å². The van der Waals surface area contributed by atoms with Gasteiger partial charge in [0, 0.05) is 30.1 Å². The molecule has 28 heavy (non-hydrogen) atoms. The van der Waals surface area contributed by atoms with Crippen LogP contribution in [0.1, 0.15) is 23.0 Å². The molecule has 0 atom stereocenters. The van der Waals surface area contributed by atoms with Crippen LogP contribution < -0.4 is 16.0 Å². The van der Waals surface area contributed by atoms with Gasteiger partial charge in [-0.1, -0.05) is 6.07 Å². The smallest absolute Gasteiger partial charge is 0.274 e. The molecule has 8 heteroatoms. The predicted octanol–water partition coefficient (Wildman–Crippen LogP) is 3.30. The third-order valence-corrected chi connectivity index (χ3v) is 3.63. The predicted molar refractivity (Wildman–Crippen MR) is 105 cm³/mol. The first kappa shape index (κ1) is 18.5. The molecule has 0 radical (unpaired) electrons. The molecule has 2 aromatic carbocycles. The summed E-state index contributed by atoms with van der Waals surface area (Å²) in [6.07, 6.45) is 1.29. The number of hydrogen-bond donors (Lipinski definition) is 3. The number of nitrogens with one attached hydrogen (secondary N) is 3. The Morgan fingerprint density at radius 1 is 0.929 bits per heavy atom. The summed E-state index contributed by atoms with van der Waals surface area (Å²) >= 11 is 0. The van der Waals surface area contributed by atoms with Crippen LogP contribution >= 0.6 is 0 Å². The van der Waals surface area contributed by atoms with Crippen molar-refractivity contribution >= 4 is 34.7 Å². The van der Waals surface area contributed by atoms with Crippen molar-refractivity contribution in [2.75, 3.05) is 16.0 Å². The molecule has 0 bridgehead atoms. The van der Waals surface area contributed by atoms with Crippen LogP contribution in [0.5, 0.6) is 0 Å². The van der Waals surface area contributed by atoms with Crippen molar-refractivity contribution in [3.05, 3.63) is 72.2 Å². The maximum atomic E-state index is 12.5. The number of hydrogen-bond acceptors (Lipinski definition) is 6. The molecule has 0 aliphatic carbocycles. The molecule has 1 heterocycles. The normalized spacial score (nSPS) is 9.86. The standard InChI is InChI=1S/C20H16N6O2/c1-13(27)24-16-3-2-4-17(9-16)26-20(28)18-10-19(23-12-22-18)25-15-7-5-14(11-21)6-8-15/h2-10,12H,1H3,(H,24,27)(H,26,28)(H,22,23,25). The van der Waals surface area contributed by atoms with Gasteiger partial charge in [-0.3, -0.25) is 9.59 Å². The Morgan fingerprint density at radius 2 is 1.64 bits per heavy atom. The van der Waals surface area contributed by atoms with Gasteiger partial charge in [0.15, 0.2) is 0 Å². The van der Waals surface area contributed by atoms with Crippen molar-refractivity contribution in [3.63, 3.8) is 0 Å². The molecular formula is C20H16N6O2. The summed E-state index contributed by atoms with van der Waals surface area (Å²) in [5.74, 6) is -0.167. The average Bonchev–Trinajstić information content (AvgIpc) is 2.68. The summed E-state index contributed by atoms with van der Waals surface area (Å²) in [5.41, 5.74) is 2.56. The molecule has 0 saturated carbocycles. The Balaban J connectivity index is 1.71. The van der Waals surface area contributed by atoms with Crippen LogP contribution in [0.4, 0.5) is 22.9 Å². The van der Waals surface area contributed by atoms with Gasteiger partial charge < -0.3 is 16.0 Å². The number of benzene rings is 2. The van der Waals surface area contributed by atoms with Crippen molar-refractivity contribution in [3.8, 4) is 6.07 Å². The number of carbonyl (C=O) groups excluding carboxylic acids is 2. The van der Waals surface area contributed by atoms with E-state index in [1.165, 1.54) is 19.3 Å². The van der Waals surface area contributed by atoms with Crippen LogP contribution in [0, 0.1) is 11.3 Å². The minimum Gasteiger partial charge on any atom is -0.340 e. The van der Waals surface area contributed by atoms with Crippen molar-refractivity contribution in [1.29, 1.82) is 5.26 Å². The zero-order valence-electron chi connectivity index (χ0n) is 14.9. The van der Waals surface area contributed by atoms with Gasteiger partial charge in [0.05, 0.1) is 11.6 Å². The molecule has 3 rings (SSSR count). The van der Waals surface area contributed by atoms with Crippen LogP contribution in [0.15, 0.2) is 60.9 Å². The highest BCUT2D eigenvalue weighted by molar-refractivity contribution is 6.03. The van der Waals surface area contributed by atoms with E-state index in [0.29, 0.717) is 22.8 Å². The zero-order valence-corrected chi connectivity index (χ0v) is 14.9. The van der Waals surface area contributed by atoms with E-state index in [9.17, 15) is 9.59 Å². The Labute approximate surface area is 161 Å². The van der Waals surface area contributed by atoms with E-state index in [1.54, 1.807) is 48.5 Å². The van der Waals surface area contributed by atoms with Crippen LogP contribution in [0.2, 0.25) is 0 Å². The van der Waals surface area contributed by atoms with Gasteiger partial charge in [-0.05, 0) is 42.5 Å². The Kier molecular flexibility index (Phi) is 5.58. The summed E-state index contributed by atoms with van der Waals surface area (Å²) in [5, 5.41) is 17.3.